The lowest BCUT2D eigenvalue weighted by molar-refractivity contribution is -0.474. The van der Waals surface area contributed by atoms with Crippen LogP contribution < -0.4 is 11.4 Å². The topological polar surface area (TPSA) is 91.8 Å². The van der Waals surface area contributed by atoms with E-state index in [0.29, 0.717) is 22.4 Å². The molecule has 6 heteroatoms. The fourth-order valence-corrected chi connectivity index (χ4v) is 2.30. The maximum Gasteiger partial charge on any atom is 0.291 e. The molecule has 1 heterocycles. The molecular weight excluding hydrogens is 292 g/mol. The molecule has 3 aromatic rings. The fraction of sp³-hybridized carbons (Fsp3) is 0.0588. The van der Waals surface area contributed by atoms with Crippen molar-refractivity contribution < 1.29 is 4.87 Å². The minimum absolute atomic E-state index is 0.218. The van der Waals surface area contributed by atoms with Crippen LogP contribution in [0.1, 0.15) is 11.3 Å². The summed E-state index contributed by atoms with van der Waals surface area (Å²) in [6.45, 7) is 0. The van der Waals surface area contributed by atoms with E-state index in [1.165, 1.54) is 0 Å². The molecule has 1 radical (unpaired) electrons. The summed E-state index contributed by atoms with van der Waals surface area (Å²) in [7, 11) is 0. The van der Waals surface area contributed by atoms with Gasteiger partial charge < -0.3 is 0 Å². The molecule has 0 aliphatic rings. The van der Waals surface area contributed by atoms with E-state index in [-0.39, 0.29) is 5.56 Å². The van der Waals surface area contributed by atoms with Crippen LogP contribution in [0.4, 0.5) is 5.69 Å². The first kappa shape index (κ1) is 14.6. The van der Waals surface area contributed by atoms with Crippen LogP contribution in [0.3, 0.4) is 0 Å². The molecule has 0 saturated carbocycles. The number of aromatic amines is 1. The van der Waals surface area contributed by atoms with Crippen molar-refractivity contribution in [3.05, 3.63) is 81.1 Å². The lowest BCUT2D eigenvalue weighted by Crippen LogP contribution is -2.10. The molecule has 0 unspecified atom stereocenters. The lowest BCUT2D eigenvalue weighted by Gasteiger charge is -2.01. The highest BCUT2D eigenvalue weighted by molar-refractivity contribution is 5.83. The zero-order chi connectivity index (χ0) is 16.2. The molecule has 2 aromatic carbocycles. The molecule has 1 aromatic heterocycles. The highest BCUT2D eigenvalue weighted by Gasteiger charge is 2.06. The van der Waals surface area contributed by atoms with Gasteiger partial charge in [-0.3, -0.25) is 4.79 Å². The van der Waals surface area contributed by atoms with Gasteiger partial charge in [-0.25, -0.2) is 5.10 Å². The molecule has 0 aliphatic carbocycles. The summed E-state index contributed by atoms with van der Waals surface area (Å²) >= 11 is 0. The Morgan fingerprint density at radius 3 is 2.74 bits per heavy atom. The van der Waals surface area contributed by atoms with Crippen LogP contribution in [0, 0.1) is 11.0 Å². The molecule has 0 atom stereocenters. The van der Waals surface area contributed by atoms with Gasteiger partial charge in [-0.1, -0.05) is 24.3 Å². The third kappa shape index (κ3) is 3.16. The minimum atomic E-state index is -0.218. The van der Waals surface area contributed by atoms with Crippen LogP contribution in [0.2, 0.25) is 0 Å². The van der Waals surface area contributed by atoms with Gasteiger partial charge in [0.15, 0.2) is 4.87 Å². The van der Waals surface area contributed by atoms with Crippen LogP contribution in [0.25, 0.3) is 16.8 Å². The van der Waals surface area contributed by atoms with Crippen molar-refractivity contribution in [2.75, 3.05) is 0 Å². The van der Waals surface area contributed by atoms with Gasteiger partial charge in [0.1, 0.15) is 0 Å². The Kier molecular flexibility index (Phi) is 3.97. The standard InChI is InChI=1S/C17H13N4O2/c18-21(23)13-10-8-12(9-11-13)4-3-7-16-14-5-1-2-6-15(14)17(22)20-19-16/h1,3-6,8-11H,7H2,(H2-,18,20,22,23)/p+1/b4-3+. The molecule has 0 spiro atoms. The largest absolute Gasteiger partial charge is 0.291 e. The van der Waals surface area contributed by atoms with Crippen LogP contribution in [0.5, 0.6) is 0 Å². The quantitative estimate of drug-likeness (QED) is 0.439. The second-order valence-electron chi connectivity index (χ2n) is 4.99. The van der Waals surface area contributed by atoms with Crippen molar-refractivity contribution in [1.82, 2.24) is 10.2 Å². The Balaban J connectivity index is 1.82. The van der Waals surface area contributed by atoms with Gasteiger partial charge in [0, 0.05) is 23.9 Å². The number of rotatable bonds is 4. The predicted octanol–water partition coefficient (Wildman–Crippen LogP) is 2.26. The van der Waals surface area contributed by atoms with Gasteiger partial charge in [0.2, 0.25) is 0 Å². The summed E-state index contributed by atoms with van der Waals surface area (Å²) in [5.74, 6) is 5.12. The van der Waals surface area contributed by atoms with Crippen molar-refractivity contribution in [2.24, 2.45) is 5.84 Å². The van der Waals surface area contributed by atoms with E-state index in [4.69, 9.17) is 5.84 Å². The SMILES string of the molecule is N[N+](=O)c1ccc(/C=C/Cc2n[nH]c(=O)c3c[c]ccc23)cc1. The molecule has 3 rings (SSSR count). The van der Waals surface area contributed by atoms with E-state index in [9.17, 15) is 9.70 Å². The number of nitrogens with zero attached hydrogens (tertiary/aromatic N) is 2. The van der Waals surface area contributed by atoms with E-state index < -0.39 is 0 Å². The van der Waals surface area contributed by atoms with E-state index in [1.54, 1.807) is 36.4 Å². The first-order valence-electron chi connectivity index (χ1n) is 7.01. The molecule has 113 valence electrons. The molecule has 3 N–H and O–H groups in total. The van der Waals surface area contributed by atoms with Crippen LogP contribution in [-0.4, -0.2) is 15.1 Å². The number of hydrogen-bond donors (Lipinski definition) is 2. The molecule has 0 fully saturated rings. The molecule has 6 nitrogen and oxygen atoms in total. The lowest BCUT2D eigenvalue weighted by atomic mass is 10.1. The number of hydrazine groups is 1. The maximum atomic E-state index is 11.7. The van der Waals surface area contributed by atoms with Crippen molar-refractivity contribution in [2.45, 2.75) is 6.42 Å². The number of nitrogens with one attached hydrogen (secondary N) is 1. The average Bonchev–Trinajstić information content (AvgIpc) is 2.58. The van der Waals surface area contributed by atoms with Crippen LogP contribution in [-0.2, 0) is 6.42 Å². The van der Waals surface area contributed by atoms with E-state index in [2.05, 4.69) is 16.3 Å². The summed E-state index contributed by atoms with van der Waals surface area (Å²) < 4.78 is 0. The Morgan fingerprint density at radius 1 is 1.22 bits per heavy atom. The number of nitrogens with two attached hydrogens (primary N) is 1. The summed E-state index contributed by atoms with van der Waals surface area (Å²) in [5, 5.41) is 8.00. The van der Waals surface area contributed by atoms with Gasteiger partial charge in [-0.2, -0.15) is 10.9 Å². The fourth-order valence-electron chi connectivity index (χ4n) is 2.30. The number of hydrogen-bond acceptors (Lipinski definition) is 3. The predicted molar refractivity (Wildman–Crippen MR) is 87.9 cm³/mol. The average molecular weight is 306 g/mol. The zero-order valence-electron chi connectivity index (χ0n) is 12.2. The second-order valence-corrected chi connectivity index (χ2v) is 4.99. The first-order valence-corrected chi connectivity index (χ1v) is 7.01. The highest BCUT2D eigenvalue weighted by Crippen LogP contribution is 2.15. The number of nitroso groups, excluding NO2 is 1. The van der Waals surface area contributed by atoms with Crippen LogP contribution in [0.15, 0.2) is 53.3 Å². The van der Waals surface area contributed by atoms with Gasteiger partial charge >= 0.3 is 0 Å². The minimum Gasteiger partial charge on any atom is -0.267 e. The number of fused-ring (bicyclic) bond motifs is 1. The van der Waals surface area contributed by atoms with E-state index >= 15 is 0 Å². The van der Waals surface area contributed by atoms with Crippen molar-refractivity contribution in [3.8, 4) is 0 Å². The monoisotopic (exact) mass is 306 g/mol. The first-order chi connectivity index (χ1) is 11.1. The van der Waals surface area contributed by atoms with Crippen molar-refractivity contribution in [3.63, 3.8) is 0 Å². The van der Waals surface area contributed by atoms with Crippen molar-refractivity contribution in [1.29, 1.82) is 0 Å². The molecule has 0 bridgehead atoms. The van der Waals surface area contributed by atoms with Crippen molar-refractivity contribution >= 4 is 22.5 Å². The second kappa shape index (κ2) is 6.23. The Labute approximate surface area is 131 Å². The number of benzene rings is 2. The maximum absolute atomic E-state index is 11.7. The molecular formula is C17H14N4O2+. The smallest absolute Gasteiger partial charge is 0.267 e. The summed E-state index contributed by atoms with van der Waals surface area (Å²) in [6.07, 6.45) is 4.44. The molecule has 0 amide bonds. The summed E-state index contributed by atoms with van der Waals surface area (Å²) in [4.78, 5) is 23.0. The summed E-state index contributed by atoms with van der Waals surface area (Å²) in [6, 6.07) is 15.0. The normalized spacial score (nSPS) is 11.1. The number of allylic oxidation sites excluding steroid dienone is 1. The third-order valence-corrected chi connectivity index (χ3v) is 3.48. The third-order valence-electron chi connectivity index (χ3n) is 3.48. The van der Waals surface area contributed by atoms with Crippen LogP contribution >= 0.6 is 0 Å². The van der Waals surface area contributed by atoms with E-state index in [1.807, 2.05) is 18.2 Å². The zero-order valence-corrected chi connectivity index (χ0v) is 12.2. The summed E-state index contributed by atoms with van der Waals surface area (Å²) in [5.41, 5.74) is 1.91. The number of H-pyrrole nitrogens is 1. The van der Waals surface area contributed by atoms with Gasteiger partial charge in [-0.05, 0) is 29.8 Å². The highest BCUT2D eigenvalue weighted by atomic mass is 16.3. The van der Waals surface area contributed by atoms with E-state index in [0.717, 1.165) is 16.6 Å². The molecule has 23 heavy (non-hydrogen) atoms. The Hall–Kier alpha value is -3.28. The number of aromatic nitrogens is 2. The Bertz CT molecular complexity index is 943. The molecule has 0 aliphatic heterocycles. The van der Waals surface area contributed by atoms with Gasteiger partial charge in [0.05, 0.1) is 16.0 Å². The van der Waals surface area contributed by atoms with Gasteiger partial charge in [0.25, 0.3) is 11.2 Å². The Morgan fingerprint density at radius 2 is 2.00 bits per heavy atom. The molecule has 0 saturated heterocycles. The van der Waals surface area contributed by atoms with Gasteiger partial charge in [-0.15, -0.1) is 0 Å².